The van der Waals surface area contributed by atoms with Gasteiger partial charge in [0.2, 0.25) is 11.9 Å². The molecule has 1 amide bonds. The van der Waals surface area contributed by atoms with E-state index in [0.717, 1.165) is 0 Å². The predicted octanol–water partition coefficient (Wildman–Crippen LogP) is -0.462. The summed E-state index contributed by atoms with van der Waals surface area (Å²) in [6.45, 7) is 1.25. The zero-order chi connectivity index (χ0) is 7.28. The van der Waals surface area contributed by atoms with Crippen LogP contribution in [0.25, 0.3) is 0 Å². The van der Waals surface area contributed by atoms with Gasteiger partial charge in [-0.05, 0) is 0 Å². The molecule has 0 saturated carbocycles. The Balaban J connectivity index is 3.78. The van der Waals surface area contributed by atoms with E-state index in [0.29, 0.717) is 0 Å². The number of nitriles is 2. The Morgan fingerprint density at radius 2 is 2.00 bits per heavy atom. The number of hydrogen-bond acceptors (Lipinski definition) is 3. The van der Waals surface area contributed by atoms with Crippen molar-refractivity contribution >= 4 is 5.91 Å². The molecule has 0 unspecified atom stereocenters. The van der Waals surface area contributed by atoms with Crippen molar-refractivity contribution in [3.05, 3.63) is 0 Å². The number of carbonyl (C=O) groups is 1. The van der Waals surface area contributed by atoms with Crippen molar-refractivity contribution in [2.24, 2.45) is 0 Å². The van der Waals surface area contributed by atoms with Crippen molar-refractivity contribution in [2.45, 2.75) is 13.0 Å². The highest BCUT2D eigenvalue weighted by atomic mass is 16.1. The molecule has 0 aliphatic rings. The molecule has 0 heterocycles. The van der Waals surface area contributed by atoms with Crippen LogP contribution in [0.1, 0.15) is 6.92 Å². The quantitative estimate of drug-likeness (QED) is 0.512. The molecule has 0 aromatic heterocycles. The lowest BCUT2D eigenvalue weighted by Crippen LogP contribution is -2.30. The molecule has 0 aromatic rings. The second kappa shape index (κ2) is 3.45. The van der Waals surface area contributed by atoms with Crippen LogP contribution in [-0.2, 0) is 4.79 Å². The molecule has 0 atom stereocenters. The van der Waals surface area contributed by atoms with Gasteiger partial charge in [-0.2, -0.15) is 10.5 Å². The molecule has 0 fully saturated rings. The minimum absolute atomic E-state index is 0.372. The van der Waals surface area contributed by atoms with Crippen molar-refractivity contribution in [1.82, 2.24) is 5.32 Å². The van der Waals surface area contributed by atoms with Crippen LogP contribution in [0.15, 0.2) is 0 Å². The Morgan fingerprint density at radius 3 is 2.11 bits per heavy atom. The summed E-state index contributed by atoms with van der Waals surface area (Å²) in [6, 6.07) is 2.17. The maximum atomic E-state index is 10.2. The number of carbonyl (C=O) groups excluding carboxylic acids is 1. The summed E-state index contributed by atoms with van der Waals surface area (Å²) in [6.07, 6.45) is 0. The molecule has 1 N–H and O–H groups in total. The van der Waals surface area contributed by atoms with Crippen LogP contribution in [-0.4, -0.2) is 11.9 Å². The van der Waals surface area contributed by atoms with E-state index >= 15 is 0 Å². The van der Waals surface area contributed by atoms with E-state index in [1.54, 1.807) is 12.1 Å². The molecule has 0 aromatic carbocycles. The maximum Gasteiger partial charge on any atom is 0.218 e. The van der Waals surface area contributed by atoms with Gasteiger partial charge >= 0.3 is 0 Å². The van der Waals surface area contributed by atoms with E-state index in [9.17, 15) is 4.79 Å². The summed E-state index contributed by atoms with van der Waals surface area (Å²) < 4.78 is 0. The Bertz CT molecular complexity index is 171. The molecule has 0 rings (SSSR count). The minimum Gasteiger partial charge on any atom is -0.329 e. The Morgan fingerprint density at radius 1 is 1.56 bits per heavy atom. The SMILES string of the molecule is CC(=O)NC(C#N)C#N. The van der Waals surface area contributed by atoms with E-state index in [4.69, 9.17) is 10.5 Å². The molecular weight excluding hydrogens is 118 g/mol. The van der Waals surface area contributed by atoms with Crippen LogP contribution in [0.3, 0.4) is 0 Å². The summed E-state index contributed by atoms with van der Waals surface area (Å²) in [5, 5.41) is 18.3. The summed E-state index contributed by atoms with van der Waals surface area (Å²) in [5.41, 5.74) is 0. The number of rotatable bonds is 1. The fraction of sp³-hybridized carbons (Fsp3) is 0.400. The maximum absolute atomic E-state index is 10.2. The zero-order valence-electron chi connectivity index (χ0n) is 4.88. The van der Waals surface area contributed by atoms with Gasteiger partial charge in [-0.3, -0.25) is 4.79 Å². The van der Waals surface area contributed by atoms with Gasteiger partial charge in [0.25, 0.3) is 0 Å². The molecule has 4 heteroatoms. The fourth-order valence-electron chi connectivity index (χ4n) is 0.297. The number of hydrogen-bond donors (Lipinski definition) is 1. The highest BCUT2D eigenvalue weighted by molar-refractivity contribution is 5.74. The molecule has 0 spiro atoms. The molecule has 0 bridgehead atoms. The lowest BCUT2D eigenvalue weighted by Gasteiger charge is -1.96. The van der Waals surface area contributed by atoms with Crippen LogP contribution in [0.2, 0.25) is 0 Å². The molecule has 0 aliphatic heterocycles. The van der Waals surface area contributed by atoms with Crippen molar-refractivity contribution in [2.75, 3.05) is 0 Å². The molecule has 46 valence electrons. The Labute approximate surface area is 52.7 Å². The van der Waals surface area contributed by atoms with Crippen molar-refractivity contribution in [3.8, 4) is 12.1 Å². The third kappa shape index (κ3) is 3.07. The zero-order valence-corrected chi connectivity index (χ0v) is 4.88. The number of nitrogens with one attached hydrogen (secondary N) is 1. The monoisotopic (exact) mass is 123 g/mol. The van der Waals surface area contributed by atoms with Gasteiger partial charge in [0.15, 0.2) is 0 Å². The summed E-state index contributed by atoms with van der Waals surface area (Å²) in [5.74, 6) is -0.372. The average molecular weight is 123 g/mol. The highest BCUT2D eigenvalue weighted by Gasteiger charge is 2.03. The molecule has 0 saturated heterocycles. The standard InChI is InChI=1S/C5H5N3O/c1-4(9)8-5(2-6)3-7/h5H,1H3,(H,8,9). The van der Waals surface area contributed by atoms with Crippen LogP contribution in [0.5, 0.6) is 0 Å². The van der Waals surface area contributed by atoms with Crippen molar-refractivity contribution in [3.63, 3.8) is 0 Å². The van der Waals surface area contributed by atoms with Gasteiger partial charge < -0.3 is 5.32 Å². The average Bonchev–Trinajstić information content (AvgIpc) is 1.82. The normalized spacial score (nSPS) is 7.56. The van der Waals surface area contributed by atoms with E-state index in [-0.39, 0.29) is 5.91 Å². The van der Waals surface area contributed by atoms with Crippen LogP contribution in [0, 0.1) is 22.7 Å². The predicted molar refractivity (Wildman–Crippen MR) is 28.8 cm³/mol. The fourth-order valence-corrected chi connectivity index (χ4v) is 0.297. The van der Waals surface area contributed by atoms with Gasteiger partial charge in [0, 0.05) is 6.92 Å². The molecule has 0 radical (unpaired) electrons. The van der Waals surface area contributed by atoms with Gasteiger partial charge in [0.05, 0.1) is 0 Å². The van der Waals surface area contributed by atoms with Crippen molar-refractivity contribution in [1.29, 1.82) is 10.5 Å². The van der Waals surface area contributed by atoms with Gasteiger partial charge in [-0.15, -0.1) is 0 Å². The van der Waals surface area contributed by atoms with Crippen molar-refractivity contribution < 1.29 is 4.79 Å². The third-order valence-corrected chi connectivity index (χ3v) is 0.606. The minimum atomic E-state index is -1.01. The Hall–Kier alpha value is -1.55. The van der Waals surface area contributed by atoms with Crippen LogP contribution in [0.4, 0.5) is 0 Å². The first kappa shape index (κ1) is 7.45. The highest BCUT2D eigenvalue weighted by Crippen LogP contribution is 1.74. The summed E-state index contributed by atoms with van der Waals surface area (Å²) >= 11 is 0. The number of nitrogens with zero attached hydrogens (tertiary/aromatic N) is 2. The molecule has 0 aliphatic carbocycles. The first-order chi connectivity index (χ1) is 4.20. The van der Waals surface area contributed by atoms with E-state index in [1.165, 1.54) is 6.92 Å². The lowest BCUT2D eigenvalue weighted by molar-refractivity contribution is -0.119. The lowest BCUT2D eigenvalue weighted by atomic mass is 10.4. The van der Waals surface area contributed by atoms with Crippen LogP contribution < -0.4 is 5.32 Å². The third-order valence-electron chi connectivity index (χ3n) is 0.606. The number of amides is 1. The molecule has 4 nitrogen and oxygen atoms in total. The molecule has 9 heavy (non-hydrogen) atoms. The van der Waals surface area contributed by atoms with E-state index < -0.39 is 6.04 Å². The van der Waals surface area contributed by atoms with Gasteiger partial charge in [-0.1, -0.05) is 0 Å². The second-order valence-corrected chi connectivity index (χ2v) is 1.39. The summed E-state index contributed by atoms with van der Waals surface area (Å²) in [7, 11) is 0. The Kier molecular flexibility index (Phi) is 2.86. The van der Waals surface area contributed by atoms with Gasteiger partial charge in [0.1, 0.15) is 12.1 Å². The van der Waals surface area contributed by atoms with E-state index in [2.05, 4.69) is 5.32 Å². The van der Waals surface area contributed by atoms with Crippen LogP contribution >= 0.6 is 0 Å². The van der Waals surface area contributed by atoms with E-state index in [1.807, 2.05) is 0 Å². The second-order valence-electron chi connectivity index (χ2n) is 1.39. The summed E-state index contributed by atoms with van der Waals surface area (Å²) in [4.78, 5) is 10.2. The first-order valence-corrected chi connectivity index (χ1v) is 2.27. The smallest absolute Gasteiger partial charge is 0.218 e. The van der Waals surface area contributed by atoms with Gasteiger partial charge in [-0.25, -0.2) is 0 Å². The first-order valence-electron chi connectivity index (χ1n) is 2.27. The topological polar surface area (TPSA) is 76.7 Å². The largest absolute Gasteiger partial charge is 0.329 e. The molecular formula is C5H5N3O.